The van der Waals surface area contributed by atoms with E-state index in [9.17, 15) is 8.42 Å². The van der Waals surface area contributed by atoms with E-state index in [1.54, 1.807) is 36.4 Å². The Kier molecular flexibility index (Phi) is 5.50. The third-order valence-corrected chi connectivity index (χ3v) is 7.25. The number of anilines is 1. The first kappa shape index (κ1) is 20.4. The van der Waals surface area contributed by atoms with Crippen molar-refractivity contribution in [2.45, 2.75) is 17.9 Å². The number of rotatable bonds is 4. The normalized spacial score (nSPS) is 17.7. The molecule has 0 bridgehead atoms. The monoisotopic (exact) mass is 427 g/mol. The van der Waals surface area contributed by atoms with E-state index in [1.807, 2.05) is 13.0 Å². The highest BCUT2D eigenvalue weighted by Gasteiger charge is 2.36. The molecule has 1 fully saturated rings. The van der Waals surface area contributed by atoms with Gasteiger partial charge in [-0.25, -0.2) is 22.8 Å². The van der Waals surface area contributed by atoms with E-state index in [-0.39, 0.29) is 29.0 Å². The molecular formula is C21H22FN5O2S. The van der Waals surface area contributed by atoms with E-state index in [2.05, 4.69) is 15.3 Å². The third-order valence-electron chi connectivity index (χ3n) is 5.17. The van der Waals surface area contributed by atoms with Crippen LogP contribution in [0.15, 0.2) is 59.8 Å². The molecule has 30 heavy (non-hydrogen) atoms. The fourth-order valence-electron chi connectivity index (χ4n) is 3.65. The van der Waals surface area contributed by atoms with E-state index >= 15 is 4.39 Å². The highest BCUT2D eigenvalue weighted by Crippen LogP contribution is 2.37. The van der Waals surface area contributed by atoms with Crippen molar-refractivity contribution in [3.8, 4) is 22.3 Å². The second kappa shape index (κ2) is 8.10. The molecule has 4 rings (SSSR count). The highest BCUT2D eigenvalue weighted by atomic mass is 32.2. The summed E-state index contributed by atoms with van der Waals surface area (Å²) in [6, 6.07) is 11.8. The Bertz CT molecular complexity index is 1150. The first-order chi connectivity index (χ1) is 14.4. The predicted molar refractivity (Wildman–Crippen MR) is 113 cm³/mol. The van der Waals surface area contributed by atoms with Gasteiger partial charge in [0.2, 0.25) is 16.0 Å². The molecule has 1 atom stereocenters. The van der Waals surface area contributed by atoms with Crippen molar-refractivity contribution in [3.63, 3.8) is 0 Å². The van der Waals surface area contributed by atoms with E-state index < -0.39 is 15.8 Å². The summed E-state index contributed by atoms with van der Waals surface area (Å²) in [5.41, 5.74) is 6.93. The average Bonchev–Trinajstić information content (AvgIpc) is 2.75. The zero-order chi connectivity index (χ0) is 21.3. The highest BCUT2D eigenvalue weighted by molar-refractivity contribution is 7.89. The Morgan fingerprint density at radius 1 is 1.07 bits per heavy atom. The summed E-state index contributed by atoms with van der Waals surface area (Å²) < 4.78 is 44.5. The maximum Gasteiger partial charge on any atom is 0.246 e. The van der Waals surface area contributed by atoms with Gasteiger partial charge in [-0.2, -0.15) is 4.31 Å². The molecule has 1 aliphatic rings. The van der Waals surface area contributed by atoms with Gasteiger partial charge in [0.05, 0.1) is 0 Å². The Balaban J connectivity index is 1.95. The molecule has 9 heteroatoms. The van der Waals surface area contributed by atoms with Gasteiger partial charge in [-0.15, -0.1) is 0 Å². The lowest BCUT2D eigenvalue weighted by atomic mass is 10.0. The molecule has 3 aromatic rings. The van der Waals surface area contributed by atoms with Gasteiger partial charge in [-0.05, 0) is 12.5 Å². The molecule has 0 amide bonds. The molecule has 156 valence electrons. The van der Waals surface area contributed by atoms with Gasteiger partial charge >= 0.3 is 0 Å². The van der Waals surface area contributed by atoms with Crippen LogP contribution in [0, 0.1) is 5.82 Å². The minimum atomic E-state index is -4.11. The molecule has 2 heterocycles. The Morgan fingerprint density at radius 2 is 1.73 bits per heavy atom. The van der Waals surface area contributed by atoms with Crippen LogP contribution in [0.25, 0.3) is 22.3 Å². The SMILES string of the molecule is C[C@H]1CNCCN1S(=O)(=O)c1c(-c2ccccc2)ccc(-c2cnc(N)nc2)c1F. The minimum absolute atomic E-state index is 0.0579. The summed E-state index contributed by atoms with van der Waals surface area (Å²) in [7, 11) is -4.11. The van der Waals surface area contributed by atoms with Crippen molar-refractivity contribution < 1.29 is 12.8 Å². The summed E-state index contributed by atoms with van der Waals surface area (Å²) in [5.74, 6) is -0.766. The summed E-state index contributed by atoms with van der Waals surface area (Å²) in [6.07, 6.45) is 2.76. The van der Waals surface area contributed by atoms with Crippen LogP contribution in [0.4, 0.5) is 10.3 Å². The van der Waals surface area contributed by atoms with Crippen LogP contribution in [0.5, 0.6) is 0 Å². The number of halogens is 1. The maximum atomic E-state index is 15.9. The van der Waals surface area contributed by atoms with E-state index in [4.69, 9.17) is 5.73 Å². The average molecular weight is 428 g/mol. The number of nitrogens with one attached hydrogen (secondary N) is 1. The second-order valence-electron chi connectivity index (χ2n) is 7.17. The van der Waals surface area contributed by atoms with Crippen molar-refractivity contribution in [2.24, 2.45) is 0 Å². The molecule has 2 aromatic carbocycles. The van der Waals surface area contributed by atoms with Crippen LogP contribution in [0.1, 0.15) is 6.92 Å². The standard InChI is InChI=1S/C21H22FN5O2S/c1-14-11-24-9-10-27(14)30(28,29)20-18(15-5-3-2-4-6-15)8-7-17(19(20)22)16-12-25-21(23)26-13-16/h2-8,12-14,24H,9-11H2,1H3,(H2,23,25,26)/t14-/m0/s1. The second-order valence-corrected chi connectivity index (χ2v) is 9.00. The van der Waals surface area contributed by atoms with Crippen LogP contribution in [-0.4, -0.2) is 48.4 Å². The lowest BCUT2D eigenvalue weighted by Gasteiger charge is -2.33. The number of hydrogen-bond acceptors (Lipinski definition) is 6. The molecule has 1 aromatic heterocycles. The number of piperazine rings is 1. The van der Waals surface area contributed by atoms with Crippen LogP contribution >= 0.6 is 0 Å². The zero-order valence-corrected chi connectivity index (χ0v) is 17.2. The Morgan fingerprint density at radius 3 is 2.40 bits per heavy atom. The first-order valence-electron chi connectivity index (χ1n) is 9.58. The fraction of sp³-hybridized carbons (Fsp3) is 0.238. The topological polar surface area (TPSA) is 101 Å². The van der Waals surface area contributed by atoms with Gasteiger partial charge in [-0.1, -0.05) is 42.5 Å². The smallest absolute Gasteiger partial charge is 0.246 e. The molecule has 0 saturated carbocycles. The number of benzene rings is 2. The van der Waals surface area contributed by atoms with Crippen LogP contribution in [-0.2, 0) is 10.0 Å². The van der Waals surface area contributed by atoms with Gasteiger partial charge in [0.25, 0.3) is 0 Å². The van der Waals surface area contributed by atoms with Crippen molar-refractivity contribution in [1.29, 1.82) is 0 Å². The lowest BCUT2D eigenvalue weighted by Crippen LogP contribution is -2.52. The summed E-state index contributed by atoms with van der Waals surface area (Å²) in [6.45, 7) is 3.10. The van der Waals surface area contributed by atoms with Crippen LogP contribution < -0.4 is 11.1 Å². The van der Waals surface area contributed by atoms with Crippen molar-refractivity contribution in [2.75, 3.05) is 25.4 Å². The largest absolute Gasteiger partial charge is 0.368 e. The van der Waals surface area contributed by atoms with Gasteiger partial charge in [-0.3, -0.25) is 0 Å². The van der Waals surface area contributed by atoms with Crippen LogP contribution in [0.3, 0.4) is 0 Å². The van der Waals surface area contributed by atoms with Gasteiger partial charge in [0, 0.05) is 54.8 Å². The molecule has 1 aliphatic heterocycles. The molecule has 0 radical (unpaired) electrons. The van der Waals surface area contributed by atoms with E-state index in [1.165, 1.54) is 16.7 Å². The van der Waals surface area contributed by atoms with E-state index in [0.717, 1.165) is 0 Å². The van der Waals surface area contributed by atoms with Crippen LogP contribution in [0.2, 0.25) is 0 Å². The van der Waals surface area contributed by atoms with Crippen molar-refractivity contribution >= 4 is 16.0 Å². The molecular weight excluding hydrogens is 405 g/mol. The zero-order valence-electron chi connectivity index (χ0n) is 16.4. The first-order valence-corrected chi connectivity index (χ1v) is 11.0. The van der Waals surface area contributed by atoms with Crippen molar-refractivity contribution in [1.82, 2.24) is 19.6 Å². The predicted octanol–water partition coefficient (Wildman–Crippen LogP) is 2.51. The van der Waals surface area contributed by atoms with Gasteiger partial charge in [0.1, 0.15) is 4.90 Å². The number of sulfonamides is 1. The molecule has 0 spiro atoms. The molecule has 7 nitrogen and oxygen atoms in total. The van der Waals surface area contributed by atoms with Crippen molar-refractivity contribution in [3.05, 3.63) is 60.7 Å². The minimum Gasteiger partial charge on any atom is -0.368 e. The lowest BCUT2D eigenvalue weighted by molar-refractivity contribution is 0.283. The summed E-state index contributed by atoms with van der Waals surface area (Å²) in [4.78, 5) is 7.47. The fourth-order valence-corrected chi connectivity index (χ4v) is 5.56. The summed E-state index contributed by atoms with van der Waals surface area (Å²) >= 11 is 0. The molecule has 0 unspecified atom stereocenters. The number of nitrogens with zero attached hydrogens (tertiary/aromatic N) is 3. The number of nitrogen functional groups attached to an aromatic ring is 1. The molecule has 3 N–H and O–H groups in total. The quantitative estimate of drug-likeness (QED) is 0.664. The maximum absolute atomic E-state index is 15.9. The number of hydrogen-bond donors (Lipinski definition) is 2. The summed E-state index contributed by atoms with van der Waals surface area (Å²) in [5, 5.41) is 3.16. The molecule has 0 aliphatic carbocycles. The number of nitrogens with two attached hydrogens (primary N) is 1. The number of aromatic nitrogens is 2. The van der Waals surface area contributed by atoms with Gasteiger partial charge < -0.3 is 11.1 Å². The van der Waals surface area contributed by atoms with E-state index in [0.29, 0.717) is 29.8 Å². The Hall–Kier alpha value is -2.88. The third kappa shape index (κ3) is 3.67. The Labute approximate surface area is 174 Å². The molecule has 1 saturated heterocycles. The van der Waals surface area contributed by atoms with Gasteiger partial charge in [0.15, 0.2) is 5.82 Å².